The number of halogens is 2. The Bertz CT molecular complexity index is 561. The minimum absolute atomic E-state index is 0.0608. The lowest BCUT2D eigenvalue weighted by Gasteiger charge is -2.33. The molecule has 0 bridgehead atoms. The summed E-state index contributed by atoms with van der Waals surface area (Å²) >= 11 is 12.0. The van der Waals surface area contributed by atoms with Gasteiger partial charge in [0.05, 0.1) is 6.54 Å². The summed E-state index contributed by atoms with van der Waals surface area (Å²) in [7, 11) is 0. The van der Waals surface area contributed by atoms with E-state index in [0.29, 0.717) is 28.9 Å². The van der Waals surface area contributed by atoms with Gasteiger partial charge in [0.2, 0.25) is 11.8 Å². The van der Waals surface area contributed by atoms with Crippen molar-refractivity contribution in [1.29, 1.82) is 0 Å². The lowest BCUT2D eigenvalue weighted by molar-refractivity contribution is -0.145. The second-order valence-corrected chi connectivity index (χ2v) is 6.52. The van der Waals surface area contributed by atoms with Gasteiger partial charge in [0.1, 0.15) is 6.04 Å². The fraction of sp³-hybridized carbons (Fsp3) is 0.467. The molecule has 0 aromatic heterocycles. The van der Waals surface area contributed by atoms with Crippen molar-refractivity contribution in [2.45, 2.75) is 32.9 Å². The summed E-state index contributed by atoms with van der Waals surface area (Å²) < 4.78 is 0. The number of nitrogens with zero attached hydrogens (tertiary/aromatic N) is 1. The van der Waals surface area contributed by atoms with Crippen LogP contribution in [0.4, 0.5) is 0 Å². The Morgan fingerprint density at radius 2 is 2.05 bits per heavy atom. The first-order valence-corrected chi connectivity index (χ1v) is 7.64. The van der Waals surface area contributed by atoms with E-state index in [2.05, 4.69) is 5.32 Å². The van der Waals surface area contributed by atoms with E-state index in [0.717, 1.165) is 5.56 Å². The SMILES string of the molecule is CC(C)CC1NC(=O)CN(Cc2ccc(Cl)cc2Cl)C1=O. The number of benzene rings is 1. The van der Waals surface area contributed by atoms with Crippen molar-refractivity contribution >= 4 is 35.0 Å². The van der Waals surface area contributed by atoms with Gasteiger partial charge in [-0.1, -0.05) is 43.1 Å². The van der Waals surface area contributed by atoms with Gasteiger partial charge >= 0.3 is 0 Å². The van der Waals surface area contributed by atoms with E-state index < -0.39 is 6.04 Å². The Hall–Kier alpha value is -1.26. The van der Waals surface area contributed by atoms with Crippen molar-refractivity contribution in [1.82, 2.24) is 10.2 Å². The van der Waals surface area contributed by atoms with E-state index >= 15 is 0 Å². The Kier molecular flexibility index (Phi) is 5.12. The summed E-state index contributed by atoms with van der Waals surface area (Å²) in [5.74, 6) is 0.137. The molecule has 1 atom stereocenters. The highest BCUT2D eigenvalue weighted by atomic mass is 35.5. The third kappa shape index (κ3) is 4.11. The van der Waals surface area contributed by atoms with Crippen LogP contribution in [0.5, 0.6) is 0 Å². The van der Waals surface area contributed by atoms with Gasteiger partial charge in [0, 0.05) is 16.6 Å². The third-order valence-electron chi connectivity index (χ3n) is 3.36. The number of carbonyl (C=O) groups is 2. The smallest absolute Gasteiger partial charge is 0.245 e. The zero-order chi connectivity index (χ0) is 15.6. The highest BCUT2D eigenvalue weighted by Gasteiger charge is 2.33. The molecule has 2 rings (SSSR count). The highest BCUT2D eigenvalue weighted by Crippen LogP contribution is 2.23. The molecule has 0 aliphatic carbocycles. The average Bonchev–Trinajstić information content (AvgIpc) is 2.37. The number of piperazine rings is 1. The van der Waals surface area contributed by atoms with Crippen LogP contribution in [-0.2, 0) is 16.1 Å². The fourth-order valence-corrected chi connectivity index (χ4v) is 2.86. The van der Waals surface area contributed by atoms with Crippen LogP contribution in [0.25, 0.3) is 0 Å². The van der Waals surface area contributed by atoms with E-state index in [1.165, 1.54) is 0 Å². The number of nitrogens with one attached hydrogen (secondary N) is 1. The van der Waals surface area contributed by atoms with Gasteiger partial charge in [-0.2, -0.15) is 0 Å². The standard InChI is InChI=1S/C15H18Cl2N2O2/c1-9(2)5-13-15(21)19(8-14(20)18-13)7-10-3-4-11(16)6-12(10)17/h3-4,6,9,13H,5,7-8H2,1-2H3,(H,18,20). The number of carbonyl (C=O) groups excluding carboxylic acids is 2. The molecule has 0 radical (unpaired) electrons. The minimum Gasteiger partial charge on any atom is -0.343 e. The first-order valence-electron chi connectivity index (χ1n) is 6.89. The molecule has 1 unspecified atom stereocenters. The number of amides is 2. The van der Waals surface area contributed by atoms with Gasteiger partial charge in [-0.05, 0) is 30.0 Å². The Morgan fingerprint density at radius 1 is 1.33 bits per heavy atom. The Balaban J connectivity index is 2.14. The summed E-state index contributed by atoms with van der Waals surface area (Å²) in [4.78, 5) is 25.8. The van der Waals surface area contributed by atoms with E-state index in [4.69, 9.17) is 23.2 Å². The first kappa shape index (κ1) is 16.1. The molecule has 1 aliphatic heterocycles. The first-order chi connectivity index (χ1) is 9.86. The van der Waals surface area contributed by atoms with Gasteiger partial charge in [0.15, 0.2) is 0 Å². The summed E-state index contributed by atoms with van der Waals surface area (Å²) in [6.07, 6.45) is 0.634. The summed E-state index contributed by atoms with van der Waals surface area (Å²) in [6.45, 7) is 4.42. The maximum Gasteiger partial charge on any atom is 0.245 e. The number of rotatable bonds is 4. The van der Waals surface area contributed by atoms with Crippen LogP contribution in [0.3, 0.4) is 0 Å². The van der Waals surface area contributed by atoms with Crippen LogP contribution in [-0.4, -0.2) is 29.3 Å². The second kappa shape index (κ2) is 6.67. The predicted octanol–water partition coefficient (Wildman–Crippen LogP) is 2.87. The second-order valence-electron chi connectivity index (χ2n) is 5.68. The van der Waals surface area contributed by atoms with Crippen molar-refractivity contribution in [3.05, 3.63) is 33.8 Å². The molecule has 1 heterocycles. The van der Waals surface area contributed by atoms with Crippen molar-refractivity contribution in [3.8, 4) is 0 Å². The quantitative estimate of drug-likeness (QED) is 0.923. The zero-order valence-electron chi connectivity index (χ0n) is 12.0. The molecule has 6 heteroatoms. The third-order valence-corrected chi connectivity index (χ3v) is 3.95. The summed E-state index contributed by atoms with van der Waals surface area (Å²) in [5.41, 5.74) is 0.785. The summed E-state index contributed by atoms with van der Waals surface area (Å²) in [5, 5.41) is 3.80. The Morgan fingerprint density at radius 3 is 2.67 bits per heavy atom. The molecule has 1 fully saturated rings. The molecule has 1 N–H and O–H groups in total. The van der Waals surface area contributed by atoms with Gasteiger partial charge < -0.3 is 10.2 Å². The molecule has 2 amide bonds. The van der Waals surface area contributed by atoms with Crippen LogP contribution in [0.1, 0.15) is 25.8 Å². The number of hydrogen-bond donors (Lipinski definition) is 1. The lowest BCUT2D eigenvalue weighted by Crippen LogP contribution is -2.57. The van der Waals surface area contributed by atoms with Crippen molar-refractivity contribution in [2.24, 2.45) is 5.92 Å². The Labute approximate surface area is 134 Å². The largest absolute Gasteiger partial charge is 0.343 e. The van der Waals surface area contributed by atoms with Crippen molar-refractivity contribution in [2.75, 3.05) is 6.54 Å². The highest BCUT2D eigenvalue weighted by molar-refractivity contribution is 6.35. The molecule has 1 aliphatic rings. The van der Waals surface area contributed by atoms with Gasteiger partial charge in [-0.3, -0.25) is 9.59 Å². The molecule has 21 heavy (non-hydrogen) atoms. The monoisotopic (exact) mass is 328 g/mol. The molecular formula is C15H18Cl2N2O2. The van der Waals surface area contributed by atoms with E-state index in [1.807, 2.05) is 13.8 Å². The van der Waals surface area contributed by atoms with Gasteiger partial charge in [-0.15, -0.1) is 0 Å². The maximum atomic E-state index is 12.4. The van der Waals surface area contributed by atoms with Crippen LogP contribution in [0.2, 0.25) is 10.0 Å². The van der Waals surface area contributed by atoms with E-state index in [9.17, 15) is 9.59 Å². The molecule has 0 spiro atoms. The minimum atomic E-state index is -0.447. The van der Waals surface area contributed by atoms with Crippen molar-refractivity contribution in [3.63, 3.8) is 0 Å². The van der Waals surface area contributed by atoms with Gasteiger partial charge in [-0.25, -0.2) is 0 Å². The van der Waals surface area contributed by atoms with Crippen LogP contribution in [0.15, 0.2) is 18.2 Å². The molecular weight excluding hydrogens is 311 g/mol. The molecule has 1 aromatic rings. The topological polar surface area (TPSA) is 49.4 Å². The van der Waals surface area contributed by atoms with Crippen molar-refractivity contribution < 1.29 is 9.59 Å². The maximum absolute atomic E-state index is 12.4. The summed E-state index contributed by atoms with van der Waals surface area (Å²) in [6, 6.07) is 4.70. The normalized spacial score (nSPS) is 19.1. The molecule has 114 valence electrons. The van der Waals surface area contributed by atoms with Gasteiger partial charge in [0.25, 0.3) is 0 Å². The molecule has 1 saturated heterocycles. The van der Waals surface area contributed by atoms with E-state index in [1.54, 1.807) is 23.1 Å². The van der Waals surface area contributed by atoms with Crippen LogP contribution in [0, 0.1) is 5.92 Å². The van der Waals surface area contributed by atoms with E-state index in [-0.39, 0.29) is 18.4 Å². The fourth-order valence-electron chi connectivity index (χ4n) is 2.39. The zero-order valence-corrected chi connectivity index (χ0v) is 13.5. The lowest BCUT2D eigenvalue weighted by atomic mass is 10.0. The molecule has 4 nitrogen and oxygen atoms in total. The molecule has 1 aromatic carbocycles. The molecule has 0 saturated carbocycles. The number of hydrogen-bond acceptors (Lipinski definition) is 2. The predicted molar refractivity (Wildman–Crippen MR) is 83.3 cm³/mol. The van der Waals surface area contributed by atoms with Crippen LogP contribution >= 0.6 is 23.2 Å². The average molecular weight is 329 g/mol. The van der Waals surface area contributed by atoms with Crippen LogP contribution < -0.4 is 5.32 Å².